The molecule has 2 amide bonds. The van der Waals surface area contributed by atoms with E-state index in [9.17, 15) is 14.4 Å². The lowest BCUT2D eigenvalue weighted by molar-refractivity contribution is -0.113. The van der Waals surface area contributed by atoms with Crippen molar-refractivity contribution >= 4 is 68.7 Å². The number of Topliss-reactive ketones (excluding diaryl/α,β-unsaturated/α-hetero) is 1. The summed E-state index contributed by atoms with van der Waals surface area (Å²) in [5.41, 5.74) is 2.37. The second-order valence-corrected chi connectivity index (χ2v) is 10.5. The first-order chi connectivity index (χ1) is 18.4. The molecule has 0 aromatic heterocycles. The van der Waals surface area contributed by atoms with E-state index in [1.54, 1.807) is 84.9 Å². The molecule has 8 heteroatoms. The molecule has 0 unspecified atom stereocenters. The third kappa shape index (κ3) is 7.92. The van der Waals surface area contributed by atoms with Gasteiger partial charge in [-0.3, -0.25) is 14.4 Å². The number of amides is 2. The van der Waals surface area contributed by atoms with Crippen LogP contribution in [0.25, 0.3) is 6.08 Å². The van der Waals surface area contributed by atoms with Crippen LogP contribution in [0.3, 0.4) is 0 Å². The Morgan fingerprint density at radius 1 is 0.816 bits per heavy atom. The highest BCUT2D eigenvalue weighted by Gasteiger charge is 2.15. The molecule has 0 aliphatic heterocycles. The molecule has 190 valence electrons. The average molecular weight is 606 g/mol. The highest BCUT2D eigenvalue weighted by atomic mass is 79.9. The second-order valence-electron chi connectivity index (χ2n) is 8.13. The molecular formula is C30H22BrClN2O3S. The molecule has 0 saturated heterocycles. The zero-order valence-corrected chi connectivity index (χ0v) is 23.1. The third-order valence-corrected chi connectivity index (χ3v) is 7.11. The van der Waals surface area contributed by atoms with E-state index in [0.29, 0.717) is 27.4 Å². The van der Waals surface area contributed by atoms with E-state index in [1.807, 2.05) is 24.3 Å². The van der Waals surface area contributed by atoms with Gasteiger partial charge in [-0.05, 0) is 66.2 Å². The van der Waals surface area contributed by atoms with E-state index in [2.05, 4.69) is 26.6 Å². The van der Waals surface area contributed by atoms with Gasteiger partial charge in [0.1, 0.15) is 5.70 Å². The minimum atomic E-state index is -0.489. The van der Waals surface area contributed by atoms with Gasteiger partial charge in [0, 0.05) is 31.2 Å². The number of thioether (sulfide) groups is 1. The summed E-state index contributed by atoms with van der Waals surface area (Å²) in [5.74, 6) is -0.628. The minimum Gasteiger partial charge on any atom is -0.321 e. The number of hydrogen-bond acceptors (Lipinski definition) is 4. The number of rotatable bonds is 9. The highest BCUT2D eigenvalue weighted by Crippen LogP contribution is 2.24. The van der Waals surface area contributed by atoms with E-state index in [4.69, 9.17) is 11.6 Å². The fourth-order valence-electron chi connectivity index (χ4n) is 3.40. The quantitative estimate of drug-likeness (QED) is 0.118. The van der Waals surface area contributed by atoms with Crippen molar-refractivity contribution in [2.24, 2.45) is 0 Å². The number of ketones is 1. The highest BCUT2D eigenvalue weighted by molar-refractivity contribution is 9.10. The van der Waals surface area contributed by atoms with Crippen molar-refractivity contribution in [3.05, 3.63) is 135 Å². The molecule has 2 N–H and O–H groups in total. The van der Waals surface area contributed by atoms with Crippen molar-refractivity contribution in [1.29, 1.82) is 0 Å². The van der Waals surface area contributed by atoms with Crippen LogP contribution in [-0.4, -0.2) is 23.4 Å². The van der Waals surface area contributed by atoms with Gasteiger partial charge in [0.15, 0.2) is 5.78 Å². The van der Waals surface area contributed by atoms with Gasteiger partial charge in [-0.2, -0.15) is 0 Å². The lowest BCUT2D eigenvalue weighted by atomic mass is 10.1. The van der Waals surface area contributed by atoms with Gasteiger partial charge in [-0.15, -0.1) is 11.8 Å². The summed E-state index contributed by atoms with van der Waals surface area (Å²) in [6, 6.07) is 30.0. The topological polar surface area (TPSA) is 75.3 Å². The van der Waals surface area contributed by atoms with Gasteiger partial charge in [-0.1, -0.05) is 76.1 Å². The lowest BCUT2D eigenvalue weighted by Crippen LogP contribution is -2.30. The maximum Gasteiger partial charge on any atom is 0.272 e. The maximum absolute atomic E-state index is 13.3. The Balaban J connectivity index is 1.48. The number of benzene rings is 4. The Labute approximate surface area is 238 Å². The summed E-state index contributed by atoms with van der Waals surface area (Å²) in [4.78, 5) is 39.4. The fourth-order valence-corrected chi connectivity index (χ4v) is 4.64. The Morgan fingerprint density at radius 2 is 1.53 bits per heavy atom. The van der Waals surface area contributed by atoms with Crippen LogP contribution in [0.15, 0.2) is 118 Å². The van der Waals surface area contributed by atoms with Crippen LogP contribution in [0.4, 0.5) is 5.69 Å². The molecule has 0 spiro atoms. The molecule has 4 rings (SSSR count). The summed E-state index contributed by atoms with van der Waals surface area (Å²) in [7, 11) is 0. The molecular weight excluding hydrogens is 584 g/mol. The molecule has 0 radical (unpaired) electrons. The normalized spacial score (nSPS) is 11.1. The van der Waals surface area contributed by atoms with Crippen LogP contribution in [0.2, 0.25) is 5.02 Å². The molecule has 0 fully saturated rings. The first-order valence-electron chi connectivity index (χ1n) is 11.5. The summed E-state index contributed by atoms with van der Waals surface area (Å²) < 4.78 is 0.912. The van der Waals surface area contributed by atoms with Gasteiger partial charge in [0.2, 0.25) is 0 Å². The van der Waals surface area contributed by atoms with Gasteiger partial charge >= 0.3 is 0 Å². The largest absolute Gasteiger partial charge is 0.321 e. The second kappa shape index (κ2) is 13.2. The molecule has 0 heterocycles. The molecule has 4 aromatic rings. The van der Waals surface area contributed by atoms with E-state index >= 15 is 0 Å². The van der Waals surface area contributed by atoms with Gasteiger partial charge in [0.25, 0.3) is 11.8 Å². The van der Waals surface area contributed by atoms with Gasteiger partial charge in [-0.25, -0.2) is 0 Å². The summed E-state index contributed by atoms with van der Waals surface area (Å²) in [6.07, 6.45) is 1.59. The summed E-state index contributed by atoms with van der Waals surface area (Å²) >= 11 is 10.7. The van der Waals surface area contributed by atoms with Crippen LogP contribution in [0.5, 0.6) is 0 Å². The van der Waals surface area contributed by atoms with Crippen molar-refractivity contribution < 1.29 is 14.4 Å². The number of halogens is 2. The third-order valence-electron chi connectivity index (χ3n) is 5.34. The number of nitrogens with one attached hydrogen (secondary N) is 2. The van der Waals surface area contributed by atoms with E-state index in [1.165, 1.54) is 11.8 Å². The van der Waals surface area contributed by atoms with Crippen molar-refractivity contribution in [1.82, 2.24) is 5.32 Å². The van der Waals surface area contributed by atoms with Crippen molar-refractivity contribution in [2.75, 3.05) is 11.1 Å². The minimum absolute atomic E-state index is 0.00810. The van der Waals surface area contributed by atoms with Gasteiger partial charge in [0.05, 0.1) is 5.75 Å². The molecule has 0 aliphatic rings. The van der Waals surface area contributed by atoms with Crippen LogP contribution >= 0.6 is 39.3 Å². The Kier molecular flexibility index (Phi) is 9.54. The van der Waals surface area contributed by atoms with Crippen LogP contribution in [0, 0.1) is 0 Å². The molecule has 38 heavy (non-hydrogen) atoms. The molecule has 4 aromatic carbocycles. The van der Waals surface area contributed by atoms with E-state index in [0.717, 1.165) is 9.37 Å². The monoisotopic (exact) mass is 604 g/mol. The SMILES string of the molecule is O=C(Nc1cccc(SCC(=O)c2ccc(Br)cc2)c1)/C(=C/c1ccc(Cl)cc1)NC(=O)c1ccccc1. The van der Waals surface area contributed by atoms with Crippen LogP contribution in [0.1, 0.15) is 26.3 Å². The van der Waals surface area contributed by atoms with Gasteiger partial charge < -0.3 is 10.6 Å². The Bertz CT molecular complexity index is 1470. The first kappa shape index (κ1) is 27.4. The van der Waals surface area contributed by atoms with Crippen molar-refractivity contribution in [3.63, 3.8) is 0 Å². The summed E-state index contributed by atoms with van der Waals surface area (Å²) in [5, 5.41) is 6.13. The van der Waals surface area contributed by atoms with Crippen molar-refractivity contribution in [2.45, 2.75) is 4.90 Å². The Hall–Kier alpha value is -3.65. The number of hydrogen-bond donors (Lipinski definition) is 2. The van der Waals surface area contributed by atoms with Crippen molar-refractivity contribution in [3.8, 4) is 0 Å². The maximum atomic E-state index is 13.3. The van der Waals surface area contributed by atoms with Crippen LogP contribution < -0.4 is 10.6 Å². The summed E-state index contributed by atoms with van der Waals surface area (Å²) in [6.45, 7) is 0. The predicted octanol–water partition coefficient (Wildman–Crippen LogP) is 7.49. The number of anilines is 1. The molecule has 0 aliphatic carbocycles. The average Bonchev–Trinajstić information content (AvgIpc) is 2.93. The molecule has 0 saturated carbocycles. The zero-order valence-electron chi connectivity index (χ0n) is 20.0. The lowest BCUT2D eigenvalue weighted by Gasteiger charge is -2.12. The molecule has 0 bridgehead atoms. The first-order valence-corrected chi connectivity index (χ1v) is 13.7. The van der Waals surface area contributed by atoms with Crippen LogP contribution in [-0.2, 0) is 4.79 Å². The number of carbonyl (C=O) groups excluding carboxylic acids is 3. The molecule has 0 atom stereocenters. The number of carbonyl (C=O) groups is 3. The standard InChI is InChI=1S/C30H22BrClN2O3S/c31-23-13-11-21(12-14-23)28(35)19-38-26-8-4-7-25(18-26)33-30(37)27(17-20-9-15-24(32)16-10-20)34-29(36)22-5-2-1-3-6-22/h1-18H,19H2,(H,33,37)(H,34,36)/b27-17-. The Morgan fingerprint density at radius 3 is 2.24 bits per heavy atom. The predicted molar refractivity (Wildman–Crippen MR) is 158 cm³/mol. The fraction of sp³-hybridized carbons (Fsp3) is 0.0333. The van der Waals surface area contributed by atoms with E-state index in [-0.39, 0.29) is 17.2 Å². The smallest absolute Gasteiger partial charge is 0.272 e. The molecule has 5 nitrogen and oxygen atoms in total. The zero-order chi connectivity index (χ0) is 26.9. The van der Waals surface area contributed by atoms with E-state index < -0.39 is 11.8 Å².